The molecule has 0 aliphatic heterocycles. The molecule has 100 valence electrons. The summed E-state index contributed by atoms with van der Waals surface area (Å²) < 4.78 is 27.7. The zero-order valence-corrected chi connectivity index (χ0v) is 9.76. The fourth-order valence-corrected chi connectivity index (χ4v) is 1.06. The van der Waals surface area contributed by atoms with Gasteiger partial charge in [0.2, 0.25) is 0 Å². The Bertz CT molecular complexity index is 252. The van der Waals surface area contributed by atoms with E-state index in [-0.39, 0.29) is 0 Å². The average molecular weight is 261 g/mol. The van der Waals surface area contributed by atoms with E-state index in [4.69, 9.17) is 30.7 Å². The molecule has 0 heterocycles. The summed E-state index contributed by atoms with van der Waals surface area (Å²) in [7, 11) is -3.97. The van der Waals surface area contributed by atoms with Gasteiger partial charge in [0.1, 0.15) is 5.75 Å². The van der Waals surface area contributed by atoms with Gasteiger partial charge in [0, 0.05) is 0 Å². The van der Waals surface area contributed by atoms with Crippen molar-refractivity contribution in [1.29, 1.82) is 0 Å². The maximum absolute atomic E-state index is 9.84. The van der Waals surface area contributed by atoms with Gasteiger partial charge in [-0.25, -0.2) is 0 Å². The molecule has 0 aliphatic rings. The van der Waals surface area contributed by atoms with E-state index >= 15 is 0 Å². The summed E-state index contributed by atoms with van der Waals surface area (Å²) in [6.45, 7) is 0.0772. The van der Waals surface area contributed by atoms with Crippen LogP contribution in [-0.4, -0.2) is 70.6 Å². The Labute approximate surface area is 94.1 Å². The second kappa shape index (κ2) is 7.90. The van der Waals surface area contributed by atoms with Crippen molar-refractivity contribution in [1.82, 2.24) is 0 Å². The molecule has 0 rings (SSSR count). The molecule has 0 saturated carbocycles. The molecule has 7 N–H and O–H groups in total. The van der Waals surface area contributed by atoms with Crippen LogP contribution in [0.5, 0.6) is 0 Å². The molecule has 0 bridgehead atoms. The highest BCUT2D eigenvalue weighted by Crippen LogP contribution is 1.93. The summed E-state index contributed by atoms with van der Waals surface area (Å²) in [5.74, 6) is -0.590. The minimum atomic E-state index is -3.97. The largest absolute Gasteiger partial charge is 0.394 e. The fourth-order valence-electron chi connectivity index (χ4n) is 0.455. The van der Waals surface area contributed by atoms with Crippen molar-refractivity contribution in [3.05, 3.63) is 0 Å². The topological polar surface area (TPSA) is 161 Å². The van der Waals surface area contributed by atoms with Crippen LogP contribution in [0.25, 0.3) is 0 Å². The molecule has 0 radical (unpaired) electrons. The van der Waals surface area contributed by atoms with Gasteiger partial charge in [-0.15, -0.1) is 0 Å². The van der Waals surface area contributed by atoms with E-state index < -0.39 is 47.3 Å². The van der Waals surface area contributed by atoms with Crippen LogP contribution in [-0.2, 0) is 10.1 Å². The van der Waals surface area contributed by atoms with Crippen LogP contribution >= 0.6 is 0 Å². The Hall–Kier alpha value is -0.290. The summed E-state index contributed by atoms with van der Waals surface area (Å²) in [6, 6.07) is 0. The SMILES string of the molecule is CC(O)CS(=O)(=O)O.NC(CO)(CO)CO. The molecule has 0 aromatic carbocycles. The summed E-state index contributed by atoms with van der Waals surface area (Å²) in [5, 5.41) is 33.4. The van der Waals surface area contributed by atoms with Crippen molar-refractivity contribution in [3.63, 3.8) is 0 Å². The van der Waals surface area contributed by atoms with Crippen molar-refractivity contribution in [2.24, 2.45) is 5.73 Å². The normalized spacial score (nSPS) is 13.9. The molecule has 0 spiro atoms. The predicted molar refractivity (Wildman–Crippen MR) is 56.3 cm³/mol. The third kappa shape index (κ3) is 11.8. The first kappa shape index (κ1) is 18.1. The highest BCUT2D eigenvalue weighted by molar-refractivity contribution is 7.85. The molecular weight excluding hydrogens is 242 g/mol. The lowest BCUT2D eigenvalue weighted by atomic mass is 10.1. The number of aliphatic hydroxyl groups excluding tert-OH is 4. The van der Waals surface area contributed by atoms with Crippen molar-refractivity contribution in [3.8, 4) is 0 Å². The Kier molecular flexibility index (Phi) is 8.93. The highest BCUT2D eigenvalue weighted by Gasteiger charge is 2.20. The van der Waals surface area contributed by atoms with E-state index in [2.05, 4.69) is 0 Å². The molecule has 0 aliphatic carbocycles. The van der Waals surface area contributed by atoms with Gasteiger partial charge in [0.05, 0.1) is 31.5 Å². The van der Waals surface area contributed by atoms with E-state index in [1.54, 1.807) is 0 Å². The van der Waals surface area contributed by atoms with E-state index in [0.717, 1.165) is 0 Å². The molecule has 0 saturated heterocycles. The zero-order chi connectivity index (χ0) is 13.4. The van der Waals surface area contributed by atoms with Gasteiger partial charge in [-0.05, 0) is 6.92 Å². The number of rotatable bonds is 5. The van der Waals surface area contributed by atoms with Crippen LogP contribution in [0.15, 0.2) is 0 Å². The Morgan fingerprint density at radius 2 is 1.50 bits per heavy atom. The minimum Gasteiger partial charge on any atom is -0.394 e. The monoisotopic (exact) mass is 261 g/mol. The summed E-state index contributed by atoms with van der Waals surface area (Å²) in [5.41, 5.74) is 3.94. The maximum Gasteiger partial charge on any atom is 0.267 e. The lowest BCUT2D eigenvalue weighted by Gasteiger charge is -2.20. The average Bonchev–Trinajstić information content (AvgIpc) is 2.14. The molecule has 9 heteroatoms. The van der Waals surface area contributed by atoms with Gasteiger partial charge >= 0.3 is 0 Å². The van der Waals surface area contributed by atoms with E-state index in [0.29, 0.717) is 0 Å². The van der Waals surface area contributed by atoms with Gasteiger partial charge in [-0.1, -0.05) is 0 Å². The van der Waals surface area contributed by atoms with Crippen LogP contribution in [0, 0.1) is 0 Å². The molecule has 0 aromatic rings. The van der Waals surface area contributed by atoms with Gasteiger partial charge in [0.15, 0.2) is 0 Å². The van der Waals surface area contributed by atoms with Crippen molar-refractivity contribution >= 4 is 10.1 Å². The third-order valence-corrected chi connectivity index (χ3v) is 2.30. The number of hydrogen-bond acceptors (Lipinski definition) is 7. The molecule has 0 aromatic heterocycles. The number of nitrogens with two attached hydrogens (primary N) is 1. The maximum atomic E-state index is 9.84. The second-order valence-corrected chi connectivity index (χ2v) is 4.93. The number of aliphatic hydroxyl groups is 4. The van der Waals surface area contributed by atoms with Gasteiger partial charge in [-0.2, -0.15) is 8.42 Å². The third-order valence-electron chi connectivity index (χ3n) is 1.40. The van der Waals surface area contributed by atoms with Crippen LogP contribution in [0.1, 0.15) is 6.92 Å². The molecule has 1 unspecified atom stereocenters. The van der Waals surface area contributed by atoms with Crippen LogP contribution in [0.3, 0.4) is 0 Å². The number of hydrogen-bond donors (Lipinski definition) is 6. The predicted octanol–water partition coefficient (Wildman–Crippen LogP) is -3.08. The van der Waals surface area contributed by atoms with Gasteiger partial charge in [-0.3, -0.25) is 4.55 Å². The molecule has 0 fully saturated rings. The molecule has 8 nitrogen and oxygen atoms in total. The van der Waals surface area contributed by atoms with E-state index in [1.165, 1.54) is 6.92 Å². The van der Waals surface area contributed by atoms with Gasteiger partial charge in [0.25, 0.3) is 10.1 Å². The summed E-state index contributed by atoms with van der Waals surface area (Å²) >= 11 is 0. The highest BCUT2D eigenvalue weighted by atomic mass is 32.2. The molecule has 0 amide bonds. The van der Waals surface area contributed by atoms with Crippen LogP contribution < -0.4 is 5.73 Å². The van der Waals surface area contributed by atoms with Gasteiger partial charge < -0.3 is 26.2 Å². The lowest BCUT2D eigenvalue weighted by Crippen LogP contribution is -2.50. The first-order valence-electron chi connectivity index (χ1n) is 4.35. The lowest BCUT2D eigenvalue weighted by molar-refractivity contribution is 0.0697. The minimum absolute atomic E-state index is 0.403. The first-order valence-corrected chi connectivity index (χ1v) is 5.96. The summed E-state index contributed by atoms with van der Waals surface area (Å²) in [4.78, 5) is 0. The molecular formula is C7H19NO7S. The van der Waals surface area contributed by atoms with Crippen molar-refractivity contribution in [2.45, 2.75) is 18.6 Å². The second-order valence-electron chi connectivity index (χ2n) is 3.43. The Morgan fingerprint density at radius 1 is 1.19 bits per heavy atom. The van der Waals surface area contributed by atoms with E-state index in [1.807, 2.05) is 0 Å². The van der Waals surface area contributed by atoms with Crippen molar-refractivity contribution in [2.75, 3.05) is 25.6 Å². The Balaban J connectivity index is 0. The van der Waals surface area contributed by atoms with E-state index in [9.17, 15) is 8.42 Å². The smallest absolute Gasteiger partial charge is 0.267 e. The zero-order valence-electron chi connectivity index (χ0n) is 8.94. The standard InChI is InChI=1S/C4H11NO3.C3H8O4S/c5-4(1-6,2-7)3-8;1-3(4)2-8(5,6)7/h6-8H,1-3,5H2;3-4H,2H2,1H3,(H,5,6,7). The molecule has 16 heavy (non-hydrogen) atoms. The van der Waals surface area contributed by atoms with Crippen LogP contribution in [0.4, 0.5) is 0 Å². The quantitative estimate of drug-likeness (QED) is 0.284. The first-order chi connectivity index (χ1) is 7.10. The van der Waals surface area contributed by atoms with Crippen LogP contribution in [0.2, 0.25) is 0 Å². The fraction of sp³-hybridized carbons (Fsp3) is 1.00. The van der Waals surface area contributed by atoms with Crippen molar-refractivity contribution < 1.29 is 33.4 Å². The molecule has 1 atom stereocenters. The summed E-state index contributed by atoms with van der Waals surface area (Å²) in [6.07, 6.45) is -0.995. The Morgan fingerprint density at radius 3 is 1.50 bits per heavy atom.